The number of anilines is 2. The van der Waals surface area contributed by atoms with Crippen molar-refractivity contribution in [2.24, 2.45) is 0 Å². The molecule has 10 heteroatoms. The second kappa shape index (κ2) is 12.6. The average molecular weight is 599 g/mol. The smallest absolute Gasteiger partial charge is 0.192 e. The summed E-state index contributed by atoms with van der Waals surface area (Å²) >= 11 is 0. The van der Waals surface area contributed by atoms with E-state index in [1.807, 2.05) is 17.5 Å². The molecule has 3 aromatic rings. The van der Waals surface area contributed by atoms with Crippen LogP contribution in [0.2, 0.25) is 18.1 Å². The number of imidazole rings is 1. The molecular formula is C32H51FN6O2Si. The summed E-state index contributed by atoms with van der Waals surface area (Å²) in [6.45, 7) is 25.7. The molecule has 1 atom stereocenters. The van der Waals surface area contributed by atoms with E-state index < -0.39 is 8.32 Å². The standard InChI is InChI=1S/C32H51FN6O2Si/c1-22(21-41-42(9,10)32(6,7)8)34-20-25-24(12-11-13-26(25)33)18-28-23(2)35-30-27(36-31(3,4)5)19-29(37-39(28)30)38-14-16-40-17-15-38/h11-13,19,22,34,36H,14-18,20-21H2,1-10H3. The lowest BCUT2D eigenvalue weighted by atomic mass is 10.0. The van der Waals surface area contributed by atoms with Crippen molar-refractivity contribution in [1.82, 2.24) is 19.9 Å². The minimum Gasteiger partial charge on any atom is -0.415 e. The Kier molecular flexibility index (Phi) is 9.71. The number of nitrogens with zero attached hydrogens (tertiary/aromatic N) is 4. The van der Waals surface area contributed by atoms with Crippen LogP contribution in [0.25, 0.3) is 5.65 Å². The molecule has 0 bridgehead atoms. The van der Waals surface area contributed by atoms with E-state index in [-0.39, 0.29) is 22.4 Å². The molecule has 3 heterocycles. The summed E-state index contributed by atoms with van der Waals surface area (Å²) in [5, 5.41) is 12.4. The Labute approximate surface area is 252 Å². The van der Waals surface area contributed by atoms with Crippen LogP contribution < -0.4 is 15.5 Å². The number of aromatic nitrogens is 3. The van der Waals surface area contributed by atoms with Crippen LogP contribution in [0, 0.1) is 12.7 Å². The topological polar surface area (TPSA) is 76.0 Å². The molecular weight excluding hydrogens is 547 g/mol. The predicted molar refractivity (Wildman–Crippen MR) is 173 cm³/mol. The maximum atomic E-state index is 15.3. The summed E-state index contributed by atoms with van der Waals surface area (Å²) in [6.07, 6.45) is 0.519. The highest BCUT2D eigenvalue weighted by Gasteiger charge is 2.37. The Morgan fingerprint density at radius 3 is 2.45 bits per heavy atom. The van der Waals surface area contributed by atoms with Crippen molar-refractivity contribution in [3.05, 3.63) is 52.6 Å². The fraction of sp³-hybridized carbons (Fsp3) is 0.625. The van der Waals surface area contributed by atoms with E-state index in [4.69, 9.17) is 19.2 Å². The van der Waals surface area contributed by atoms with Crippen molar-refractivity contribution in [3.8, 4) is 0 Å². The van der Waals surface area contributed by atoms with E-state index in [0.29, 0.717) is 38.3 Å². The quantitative estimate of drug-likeness (QED) is 0.265. The first-order valence-electron chi connectivity index (χ1n) is 15.2. The molecule has 0 spiro atoms. The molecule has 2 aromatic heterocycles. The lowest BCUT2D eigenvalue weighted by Gasteiger charge is -2.37. The first-order valence-corrected chi connectivity index (χ1v) is 18.1. The van der Waals surface area contributed by atoms with Gasteiger partial charge in [0.15, 0.2) is 19.8 Å². The molecule has 0 saturated carbocycles. The Morgan fingerprint density at radius 2 is 1.81 bits per heavy atom. The second-order valence-electron chi connectivity index (χ2n) is 14.2. The minimum absolute atomic E-state index is 0.0906. The minimum atomic E-state index is -1.86. The van der Waals surface area contributed by atoms with Crippen LogP contribution in [0.15, 0.2) is 24.3 Å². The van der Waals surface area contributed by atoms with Crippen molar-refractivity contribution < 1.29 is 13.6 Å². The molecule has 232 valence electrons. The molecule has 8 nitrogen and oxygen atoms in total. The number of ether oxygens (including phenoxy) is 1. The number of benzene rings is 1. The number of fused-ring (bicyclic) bond motifs is 1. The van der Waals surface area contributed by atoms with E-state index in [9.17, 15) is 0 Å². The Balaban J connectivity index is 1.62. The van der Waals surface area contributed by atoms with Crippen molar-refractivity contribution in [2.45, 2.75) is 98.1 Å². The van der Waals surface area contributed by atoms with Gasteiger partial charge in [0.2, 0.25) is 0 Å². The van der Waals surface area contributed by atoms with Gasteiger partial charge in [-0.2, -0.15) is 0 Å². The highest BCUT2D eigenvalue weighted by Crippen LogP contribution is 2.36. The third kappa shape index (κ3) is 7.70. The molecule has 1 aliphatic heterocycles. The van der Waals surface area contributed by atoms with Gasteiger partial charge >= 0.3 is 0 Å². The fourth-order valence-electron chi connectivity index (χ4n) is 4.84. The predicted octanol–water partition coefficient (Wildman–Crippen LogP) is 6.31. The molecule has 1 aliphatic rings. The van der Waals surface area contributed by atoms with Gasteiger partial charge in [0.05, 0.1) is 30.3 Å². The number of hydrogen-bond acceptors (Lipinski definition) is 7. The zero-order chi connectivity index (χ0) is 30.9. The second-order valence-corrected chi connectivity index (χ2v) is 19.0. The van der Waals surface area contributed by atoms with Crippen LogP contribution in [-0.4, -0.2) is 67.4 Å². The molecule has 42 heavy (non-hydrogen) atoms. The summed E-state index contributed by atoms with van der Waals surface area (Å²) < 4.78 is 29.2. The third-order valence-corrected chi connectivity index (χ3v) is 12.9. The van der Waals surface area contributed by atoms with Gasteiger partial charge < -0.3 is 24.7 Å². The summed E-state index contributed by atoms with van der Waals surface area (Å²) in [7, 11) is -1.86. The van der Waals surface area contributed by atoms with Gasteiger partial charge in [-0.25, -0.2) is 13.9 Å². The summed E-state index contributed by atoms with van der Waals surface area (Å²) in [6, 6.07) is 7.52. The zero-order valence-corrected chi connectivity index (χ0v) is 28.3. The number of aryl methyl sites for hydroxylation is 1. The molecule has 1 aromatic carbocycles. The van der Waals surface area contributed by atoms with Crippen LogP contribution in [0.3, 0.4) is 0 Å². The van der Waals surface area contributed by atoms with E-state index in [1.54, 1.807) is 12.1 Å². The summed E-state index contributed by atoms with van der Waals surface area (Å²) in [5.41, 5.74) is 5.00. The fourth-order valence-corrected chi connectivity index (χ4v) is 5.94. The van der Waals surface area contributed by atoms with Gasteiger partial charge in [-0.3, -0.25) is 0 Å². The van der Waals surface area contributed by atoms with Gasteiger partial charge in [0.25, 0.3) is 0 Å². The number of hydrogen-bond donors (Lipinski definition) is 2. The van der Waals surface area contributed by atoms with Gasteiger partial charge in [-0.1, -0.05) is 32.9 Å². The number of morpholine rings is 1. The highest BCUT2D eigenvalue weighted by molar-refractivity contribution is 6.74. The Morgan fingerprint density at radius 1 is 1.12 bits per heavy atom. The van der Waals surface area contributed by atoms with E-state index >= 15 is 4.39 Å². The molecule has 1 unspecified atom stereocenters. The maximum absolute atomic E-state index is 15.3. The van der Waals surface area contributed by atoms with Crippen LogP contribution in [-0.2, 0) is 22.1 Å². The summed E-state index contributed by atoms with van der Waals surface area (Å²) in [4.78, 5) is 7.20. The maximum Gasteiger partial charge on any atom is 0.192 e. The molecule has 1 fully saturated rings. The number of nitrogens with one attached hydrogen (secondary N) is 2. The number of halogens is 1. The van der Waals surface area contributed by atoms with Crippen molar-refractivity contribution in [1.29, 1.82) is 0 Å². The molecule has 2 N–H and O–H groups in total. The average Bonchev–Trinajstić information content (AvgIpc) is 3.21. The van der Waals surface area contributed by atoms with E-state index in [0.717, 1.165) is 47.2 Å². The molecule has 4 rings (SSSR count). The first kappa shape index (κ1) is 32.4. The van der Waals surface area contributed by atoms with Crippen LogP contribution in [0.5, 0.6) is 0 Å². The molecule has 0 aliphatic carbocycles. The van der Waals surface area contributed by atoms with Crippen LogP contribution in [0.1, 0.15) is 71.0 Å². The van der Waals surface area contributed by atoms with Gasteiger partial charge in [0.1, 0.15) is 5.82 Å². The van der Waals surface area contributed by atoms with Crippen molar-refractivity contribution in [2.75, 3.05) is 43.1 Å². The van der Waals surface area contributed by atoms with E-state index in [1.165, 1.54) is 0 Å². The van der Waals surface area contributed by atoms with Crippen LogP contribution >= 0.6 is 0 Å². The SMILES string of the molecule is Cc1nc2c(NC(C)(C)C)cc(N3CCOCC3)nn2c1Cc1cccc(F)c1CNC(C)CO[Si](C)(C)C(C)(C)C. The van der Waals surface area contributed by atoms with Crippen molar-refractivity contribution >= 4 is 25.5 Å². The zero-order valence-electron chi connectivity index (χ0n) is 27.3. The largest absolute Gasteiger partial charge is 0.415 e. The van der Waals surface area contributed by atoms with Gasteiger partial charge in [-0.05, 0) is 64.4 Å². The Hall–Kier alpha value is -2.53. The molecule has 1 saturated heterocycles. The van der Waals surface area contributed by atoms with Gasteiger partial charge in [-0.15, -0.1) is 5.10 Å². The monoisotopic (exact) mass is 598 g/mol. The molecule has 0 radical (unpaired) electrons. The Bertz CT molecular complexity index is 1370. The van der Waals surface area contributed by atoms with Crippen molar-refractivity contribution in [3.63, 3.8) is 0 Å². The lowest BCUT2D eigenvalue weighted by Crippen LogP contribution is -2.44. The van der Waals surface area contributed by atoms with Crippen LogP contribution in [0.4, 0.5) is 15.9 Å². The lowest BCUT2D eigenvalue weighted by molar-refractivity contribution is 0.122. The molecule has 0 amide bonds. The number of rotatable bonds is 10. The summed E-state index contributed by atoms with van der Waals surface area (Å²) in [5.74, 6) is 0.675. The highest BCUT2D eigenvalue weighted by atomic mass is 28.4. The first-order chi connectivity index (χ1) is 19.6. The normalized spacial score (nSPS) is 15.8. The van der Waals surface area contributed by atoms with E-state index in [2.05, 4.69) is 83.2 Å². The third-order valence-electron chi connectivity index (χ3n) is 8.41. The van der Waals surface area contributed by atoms with Gasteiger partial charge in [0, 0.05) is 55.9 Å².